The zero-order chi connectivity index (χ0) is 12.8. The van der Waals surface area contributed by atoms with E-state index in [2.05, 4.69) is 12.1 Å². The van der Waals surface area contributed by atoms with Crippen molar-refractivity contribution in [2.24, 2.45) is 0 Å². The Bertz CT molecular complexity index is 400. The number of ketones is 1. The van der Waals surface area contributed by atoms with Crippen LogP contribution in [0.5, 0.6) is 0 Å². The maximum atomic E-state index is 11.7. The van der Waals surface area contributed by atoms with Gasteiger partial charge in [-0.3, -0.25) is 4.79 Å². The number of hydrogen-bond donors (Lipinski definition) is 0. The first-order chi connectivity index (χ1) is 8.81. The molecule has 96 valence electrons. The van der Waals surface area contributed by atoms with Gasteiger partial charge in [-0.05, 0) is 24.3 Å². The maximum absolute atomic E-state index is 11.7. The third-order valence-corrected chi connectivity index (χ3v) is 3.80. The Morgan fingerprint density at radius 1 is 1.11 bits per heavy atom. The summed E-state index contributed by atoms with van der Waals surface area (Å²) in [6.45, 7) is 0. The van der Waals surface area contributed by atoms with Crippen LogP contribution in [0.4, 0.5) is 0 Å². The summed E-state index contributed by atoms with van der Waals surface area (Å²) >= 11 is 0. The molecule has 0 unspecified atom stereocenters. The van der Waals surface area contributed by atoms with Crippen LogP contribution in [-0.4, -0.2) is 12.1 Å². The van der Waals surface area contributed by atoms with Gasteiger partial charge >= 0.3 is 0 Å². The van der Waals surface area contributed by atoms with E-state index in [-0.39, 0.29) is 5.78 Å². The molecule has 18 heavy (non-hydrogen) atoms. The lowest BCUT2D eigenvalue weighted by Gasteiger charge is -2.22. The first-order valence-corrected chi connectivity index (χ1v) is 6.88. The van der Waals surface area contributed by atoms with Crippen LogP contribution in [-0.2, 0) is 4.79 Å². The highest BCUT2D eigenvalue weighted by atomic mass is 16.1. The van der Waals surface area contributed by atoms with E-state index in [4.69, 9.17) is 0 Å². The maximum Gasteiger partial charge on any atom is 0.163 e. The van der Waals surface area contributed by atoms with Crippen LogP contribution in [0.1, 0.15) is 66.8 Å². The molecule has 0 aliphatic heterocycles. The summed E-state index contributed by atoms with van der Waals surface area (Å²) in [5, 5.41) is 0. The van der Waals surface area contributed by atoms with Gasteiger partial charge in [0.05, 0.1) is 0 Å². The fraction of sp³-hybridized carbons (Fsp3) is 0.500. The van der Waals surface area contributed by atoms with E-state index in [1.807, 2.05) is 12.1 Å². The third-order valence-electron chi connectivity index (χ3n) is 3.80. The van der Waals surface area contributed by atoms with Gasteiger partial charge in [0.1, 0.15) is 6.29 Å². The third kappa shape index (κ3) is 3.28. The summed E-state index contributed by atoms with van der Waals surface area (Å²) < 4.78 is 0. The Morgan fingerprint density at radius 3 is 2.39 bits per heavy atom. The average molecular weight is 244 g/mol. The molecule has 0 bridgehead atoms. The van der Waals surface area contributed by atoms with Crippen molar-refractivity contribution in [2.45, 2.75) is 50.9 Å². The van der Waals surface area contributed by atoms with Crippen molar-refractivity contribution in [3.8, 4) is 0 Å². The van der Waals surface area contributed by atoms with E-state index >= 15 is 0 Å². The topological polar surface area (TPSA) is 34.1 Å². The van der Waals surface area contributed by atoms with Crippen molar-refractivity contribution in [3.05, 3.63) is 35.4 Å². The minimum absolute atomic E-state index is 0.0669. The van der Waals surface area contributed by atoms with Crippen molar-refractivity contribution in [2.75, 3.05) is 0 Å². The van der Waals surface area contributed by atoms with Crippen molar-refractivity contribution in [1.29, 1.82) is 0 Å². The van der Waals surface area contributed by atoms with Gasteiger partial charge in [0.15, 0.2) is 5.78 Å². The van der Waals surface area contributed by atoms with Crippen molar-refractivity contribution in [1.82, 2.24) is 0 Å². The minimum atomic E-state index is 0.0669. The predicted octanol–water partition coefficient (Wildman–Crippen LogP) is 3.90. The quantitative estimate of drug-likeness (QED) is 0.581. The number of carbonyl (C=O) groups is 2. The molecule has 0 spiro atoms. The van der Waals surface area contributed by atoms with Gasteiger partial charge in [-0.2, -0.15) is 0 Å². The number of rotatable bonds is 5. The molecule has 0 N–H and O–H groups in total. The van der Waals surface area contributed by atoms with E-state index in [0.717, 1.165) is 11.8 Å². The SMILES string of the molecule is O=CCCC(=O)c1ccc(C2CCCCC2)cc1. The van der Waals surface area contributed by atoms with Gasteiger partial charge in [-0.25, -0.2) is 0 Å². The first-order valence-electron chi connectivity index (χ1n) is 6.88. The normalized spacial score (nSPS) is 16.4. The first kappa shape index (κ1) is 13.0. The second kappa shape index (κ2) is 6.48. The number of carbonyl (C=O) groups excluding carboxylic acids is 2. The number of hydrogen-bond acceptors (Lipinski definition) is 2. The Hall–Kier alpha value is -1.44. The van der Waals surface area contributed by atoms with Crippen LogP contribution in [0.3, 0.4) is 0 Å². The molecular weight excluding hydrogens is 224 g/mol. The Kier molecular flexibility index (Phi) is 4.68. The van der Waals surface area contributed by atoms with Crippen LogP contribution >= 0.6 is 0 Å². The predicted molar refractivity (Wildman–Crippen MR) is 71.9 cm³/mol. The lowest BCUT2D eigenvalue weighted by atomic mass is 9.84. The molecule has 1 aliphatic rings. The Balaban J connectivity index is 2.00. The number of Topliss-reactive ketones (excluding diaryl/α,β-unsaturated/α-hetero) is 1. The fourth-order valence-corrected chi connectivity index (χ4v) is 2.71. The highest BCUT2D eigenvalue weighted by Crippen LogP contribution is 2.32. The largest absolute Gasteiger partial charge is 0.303 e. The summed E-state index contributed by atoms with van der Waals surface area (Å²) in [6, 6.07) is 8.00. The van der Waals surface area contributed by atoms with Crippen LogP contribution in [0, 0.1) is 0 Å². The number of aldehydes is 1. The fourth-order valence-electron chi connectivity index (χ4n) is 2.71. The van der Waals surface area contributed by atoms with Crippen LogP contribution in [0.2, 0.25) is 0 Å². The summed E-state index contributed by atoms with van der Waals surface area (Å²) in [6.07, 6.45) is 8.01. The molecule has 0 aromatic heterocycles. The van der Waals surface area contributed by atoms with Gasteiger partial charge in [-0.1, -0.05) is 43.5 Å². The standard InChI is InChI=1S/C16H20O2/c17-12-4-7-16(18)15-10-8-14(9-11-15)13-5-2-1-3-6-13/h8-13H,1-7H2. The lowest BCUT2D eigenvalue weighted by Crippen LogP contribution is -2.05. The van der Waals surface area contributed by atoms with Crippen molar-refractivity contribution >= 4 is 12.1 Å². The molecule has 1 saturated carbocycles. The van der Waals surface area contributed by atoms with E-state index in [1.165, 1.54) is 37.7 Å². The van der Waals surface area contributed by atoms with Crippen LogP contribution < -0.4 is 0 Å². The molecule has 1 aromatic rings. The molecule has 1 aliphatic carbocycles. The van der Waals surface area contributed by atoms with E-state index in [9.17, 15) is 9.59 Å². The highest BCUT2D eigenvalue weighted by Gasteiger charge is 2.15. The zero-order valence-corrected chi connectivity index (χ0v) is 10.7. The monoisotopic (exact) mass is 244 g/mol. The lowest BCUT2D eigenvalue weighted by molar-refractivity contribution is -0.107. The summed E-state index contributed by atoms with van der Waals surface area (Å²) in [4.78, 5) is 22.0. The summed E-state index contributed by atoms with van der Waals surface area (Å²) in [7, 11) is 0. The van der Waals surface area contributed by atoms with Crippen molar-refractivity contribution in [3.63, 3.8) is 0 Å². The van der Waals surface area contributed by atoms with Gasteiger partial charge < -0.3 is 4.79 Å². The van der Waals surface area contributed by atoms with Gasteiger partial charge in [-0.15, -0.1) is 0 Å². The Morgan fingerprint density at radius 2 is 1.78 bits per heavy atom. The summed E-state index contributed by atoms with van der Waals surface area (Å²) in [5.74, 6) is 0.746. The zero-order valence-electron chi connectivity index (χ0n) is 10.7. The second-order valence-electron chi connectivity index (χ2n) is 5.09. The molecule has 0 amide bonds. The van der Waals surface area contributed by atoms with Crippen molar-refractivity contribution < 1.29 is 9.59 Å². The summed E-state index contributed by atoms with van der Waals surface area (Å²) in [5.41, 5.74) is 2.10. The molecule has 2 rings (SSSR count). The number of benzene rings is 1. The van der Waals surface area contributed by atoms with Crippen LogP contribution in [0.15, 0.2) is 24.3 Å². The van der Waals surface area contributed by atoms with E-state index in [1.54, 1.807) is 0 Å². The van der Waals surface area contributed by atoms with E-state index in [0.29, 0.717) is 18.8 Å². The molecule has 0 atom stereocenters. The molecule has 0 radical (unpaired) electrons. The molecule has 1 fully saturated rings. The molecule has 2 nitrogen and oxygen atoms in total. The average Bonchev–Trinajstić information content (AvgIpc) is 2.46. The molecular formula is C16H20O2. The Labute approximate surface area is 108 Å². The van der Waals surface area contributed by atoms with E-state index < -0.39 is 0 Å². The second-order valence-corrected chi connectivity index (χ2v) is 5.09. The van der Waals surface area contributed by atoms with Crippen LogP contribution in [0.25, 0.3) is 0 Å². The highest BCUT2D eigenvalue weighted by molar-refractivity contribution is 5.96. The molecule has 0 heterocycles. The molecule has 0 saturated heterocycles. The van der Waals surface area contributed by atoms with Gasteiger partial charge in [0.25, 0.3) is 0 Å². The van der Waals surface area contributed by atoms with Gasteiger partial charge in [0.2, 0.25) is 0 Å². The molecule has 1 aromatic carbocycles. The smallest absolute Gasteiger partial charge is 0.163 e. The molecule has 2 heteroatoms. The minimum Gasteiger partial charge on any atom is -0.303 e. The van der Waals surface area contributed by atoms with Gasteiger partial charge in [0, 0.05) is 18.4 Å².